The van der Waals surface area contributed by atoms with Gasteiger partial charge in [0, 0.05) is 18.7 Å². The summed E-state index contributed by atoms with van der Waals surface area (Å²) in [6.07, 6.45) is 3.81. The summed E-state index contributed by atoms with van der Waals surface area (Å²) in [7, 11) is 1.63. The third kappa shape index (κ3) is 5.03. The summed E-state index contributed by atoms with van der Waals surface area (Å²) in [6, 6.07) is 11.4. The number of amides is 1. The molecule has 30 heavy (non-hydrogen) atoms. The van der Waals surface area contributed by atoms with E-state index in [4.69, 9.17) is 13.9 Å². The number of hydrogen-bond acceptors (Lipinski definition) is 7. The Balaban J connectivity index is 1.48. The smallest absolute Gasteiger partial charge is 0.230 e. The molecule has 3 aromatic rings. The first kappa shape index (κ1) is 20.5. The molecule has 1 aliphatic heterocycles. The summed E-state index contributed by atoms with van der Waals surface area (Å²) in [5.41, 5.74) is 0.878. The van der Waals surface area contributed by atoms with Crippen molar-refractivity contribution < 1.29 is 18.7 Å². The van der Waals surface area contributed by atoms with Crippen LogP contribution in [0.25, 0.3) is 11.4 Å². The number of nitrogens with one attached hydrogen (secondary N) is 1. The molecule has 0 spiro atoms. The molecule has 0 radical (unpaired) electrons. The average molecular weight is 429 g/mol. The maximum absolute atomic E-state index is 12.3. The molecule has 1 saturated heterocycles. The van der Waals surface area contributed by atoms with E-state index in [-0.39, 0.29) is 17.8 Å². The van der Waals surface area contributed by atoms with E-state index < -0.39 is 0 Å². The lowest BCUT2D eigenvalue weighted by Crippen LogP contribution is -2.32. The summed E-state index contributed by atoms with van der Waals surface area (Å²) in [5.74, 6) is 2.41. The molecule has 3 heterocycles. The minimum atomic E-state index is -0.0500. The first-order valence-electron chi connectivity index (χ1n) is 9.84. The highest BCUT2D eigenvalue weighted by molar-refractivity contribution is 7.99. The van der Waals surface area contributed by atoms with Crippen LogP contribution >= 0.6 is 11.8 Å². The molecular formula is C21H24N4O4S. The summed E-state index contributed by atoms with van der Waals surface area (Å²) in [5, 5.41) is 12.3. The van der Waals surface area contributed by atoms with Crippen LogP contribution in [0.15, 0.2) is 52.2 Å². The summed E-state index contributed by atoms with van der Waals surface area (Å²) in [6.45, 7) is 1.79. The number of carbonyl (C=O) groups excluding carboxylic acids is 1. The maximum Gasteiger partial charge on any atom is 0.230 e. The van der Waals surface area contributed by atoms with Crippen molar-refractivity contribution in [3.05, 3.63) is 48.4 Å². The zero-order chi connectivity index (χ0) is 20.8. The topological polar surface area (TPSA) is 91.4 Å². The Hall–Kier alpha value is -2.78. The molecule has 1 aromatic carbocycles. The van der Waals surface area contributed by atoms with E-state index in [2.05, 4.69) is 15.5 Å². The number of benzene rings is 1. The van der Waals surface area contributed by atoms with Crippen LogP contribution in [-0.4, -0.2) is 52.8 Å². The number of furan rings is 1. The number of rotatable bonds is 9. The predicted molar refractivity (Wildman–Crippen MR) is 113 cm³/mol. The third-order valence-electron chi connectivity index (χ3n) is 4.82. The number of methoxy groups -OCH3 is 1. The van der Waals surface area contributed by atoms with Crippen molar-refractivity contribution in [2.24, 2.45) is 0 Å². The van der Waals surface area contributed by atoms with Gasteiger partial charge in [0.25, 0.3) is 0 Å². The standard InChI is InChI=1S/C21H24N4O4S/c1-27-16-6-2-5-15(11-16)20-23-24-21(25(20)13-18-8-4-10-29-18)30-14-19(26)22-12-17-7-3-9-28-17/h2,4-6,8,10-11,17H,3,7,9,12-14H2,1H3,(H,22,26). The normalized spacial score (nSPS) is 16.0. The van der Waals surface area contributed by atoms with E-state index in [0.717, 1.165) is 36.5 Å². The van der Waals surface area contributed by atoms with Gasteiger partial charge >= 0.3 is 0 Å². The predicted octanol–water partition coefficient (Wildman–Crippen LogP) is 2.98. The first-order chi connectivity index (χ1) is 14.7. The van der Waals surface area contributed by atoms with Crippen molar-refractivity contribution >= 4 is 17.7 Å². The monoisotopic (exact) mass is 428 g/mol. The quantitative estimate of drug-likeness (QED) is 0.524. The lowest BCUT2D eigenvalue weighted by molar-refractivity contribution is -0.119. The molecule has 1 fully saturated rings. The molecule has 2 aromatic heterocycles. The number of nitrogens with zero attached hydrogens (tertiary/aromatic N) is 3. The Morgan fingerprint density at radius 2 is 2.27 bits per heavy atom. The molecule has 4 rings (SSSR count). The lowest BCUT2D eigenvalue weighted by atomic mass is 10.2. The number of ether oxygens (including phenoxy) is 2. The molecule has 1 unspecified atom stereocenters. The van der Waals surface area contributed by atoms with Crippen molar-refractivity contribution in [1.82, 2.24) is 20.1 Å². The van der Waals surface area contributed by atoms with Crippen molar-refractivity contribution in [3.63, 3.8) is 0 Å². The minimum Gasteiger partial charge on any atom is -0.497 e. The van der Waals surface area contributed by atoms with E-state index in [9.17, 15) is 4.79 Å². The summed E-state index contributed by atoms with van der Waals surface area (Å²) < 4.78 is 18.3. The highest BCUT2D eigenvalue weighted by Gasteiger charge is 2.19. The highest BCUT2D eigenvalue weighted by atomic mass is 32.2. The van der Waals surface area contributed by atoms with E-state index in [1.165, 1.54) is 11.8 Å². The Morgan fingerprint density at radius 1 is 1.33 bits per heavy atom. The minimum absolute atomic E-state index is 0.0500. The van der Waals surface area contributed by atoms with Gasteiger partial charge in [0.2, 0.25) is 5.91 Å². The van der Waals surface area contributed by atoms with E-state index >= 15 is 0 Å². The molecule has 1 amide bonds. The van der Waals surface area contributed by atoms with Gasteiger partial charge < -0.3 is 19.2 Å². The number of carbonyl (C=O) groups is 1. The zero-order valence-electron chi connectivity index (χ0n) is 16.7. The lowest BCUT2D eigenvalue weighted by Gasteiger charge is -2.11. The third-order valence-corrected chi connectivity index (χ3v) is 5.79. The van der Waals surface area contributed by atoms with Gasteiger partial charge in [-0.05, 0) is 37.1 Å². The second-order valence-electron chi connectivity index (χ2n) is 6.93. The van der Waals surface area contributed by atoms with Crippen molar-refractivity contribution in [2.75, 3.05) is 26.0 Å². The van der Waals surface area contributed by atoms with E-state index in [1.807, 2.05) is 41.0 Å². The van der Waals surface area contributed by atoms with Crippen molar-refractivity contribution in [2.45, 2.75) is 30.6 Å². The molecule has 158 valence electrons. The first-order valence-corrected chi connectivity index (χ1v) is 10.8. The van der Waals surface area contributed by atoms with Crippen molar-refractivity contribution in [1.29, 1.82) is 0 Å². The molecule has 8 nitrogen and oxygen atoms in total. The van der Waals surface area contributed by atoms with Gasteiger partial charge in [-0.3, -0.25) is 9.36 Å². The van der Waals surface area contributed by atoms with Crippen LogP contribution in [0.3, 0.4) is 0 Å². The SMILES string of the molecule is COc1cccc(-c2nnc(SCC(=O)NCC3CCCO3)n2Cc2ccco2)c1. The van der Waals surface area contributed by atoms with Crippen LogP contribution in [0, 0.1) is 0 Å². The second-order valence-corrected chi connectivity index (χ2v) is 7.87. The molecule has 0 aliphatic carbocycles. The van der Waals surface area contributed by atoms with Gasteiger partial charge in [0.1, 0.15) is 11.5 Å². The van der Waals surface area contributed by atoms with Crippen molar-refractivity contribution in [3.8, 4) is 17.1 Å². The molecule has 1 aliphatic rings. The van der Waals surface area contributed by atoms with Gasteiger partial charge in [-0.15, -0.1) is 10.2 Å². The summed E-state index contributed by atoms with van der Waals surface area (Å²) in [4.78, 5) is 12.3. The number of thioether (sulfide) groups is 1. The van der Waals surface area contributed by atoms with Crippen LogP contribution in [0.1, 0.15) is 18.6 Å². The second kappa shape index (κ2) is 9.82. The van der Waals surface area contributed by atoms with Gasteiger partial charge in [-0.2, -0.15) is 0 Å². The van der Waals surface area contributed by atoms with Crippen LogP contribution in [0.5, 0.6) is 5.75 Å². The van der Waals surface area contributed by atoms with Crippen LogP contribution in [-0.2, 0) is 16.1 Å². The van der Waals surface area contributed by atoms with Gasteiger partial charge in [0.05, 0.1) is 31.8 Å². The Morgan fingerprint density at radius 3 is 3.03 bits per heavy atom. The fraction of sp³-hybridized carbons (Fsp3) is 0.381. The molecule has 9 heteroatoms. The summed E-state index contributed by atoms with van der Waals surface area (Å²) >= 11 is 1.35. The Bertz CT molecular complexity index is 967. The largest absolute Gasteiger partial charge is 0.497 e. The van der Waals surface area contributed by atoms with Crippen LogP contribution < -0.4 is 10.1 Å². The van der Waals surface area contributed by atoms with E-state index in [1.54, 1.807) is 13.4 Å². The zero-order valence-corrected chi connectivity index (χ0v) is 17.6. The molecule has 1 N–H and O–H groups in total. The number of aromatic nitrogens is 3. The van der Waals surface area contributed by atoms with E-state index in [0.29, 0.717) is 24.1 Å². The Kier molecular flexibility index (Phi) is 6.70. The maximum atomic E-state index is 12.3. The van der Waals surface area contributed by atoms with Crippen LogP contribution in [0.2, 0.25) is 0 Å². The number of hydrogen-bond donors (Lipinski definition) is 1. The van der Waals surface area contributed by atoms with Gasteiger partial charge in [-0.25, -0.2) is 0 Å². The van der Waals surface area contributed by atoms with Gasteiger partial charge in [-0.1, -0.05) is 23.9 Å². The molecule has 0 saturated carbocycles. The molecule has 0 bridgehead atoms. The molecular weight excluding hydrogens is 404 g/mol. The average Bonchev–Trinajstić information content (AvgIpc) is 3.54. The highest BCUT2D eigenvalue weighted by Crippen LogP contribution is 2.27. The van der Waals surface area contributed by atoms with Crippen LogP contribution in [0.4, 0.5) is 0 Å². The molecule has 1 atom stereocenters. The Labute approximate surface area is 179 Å². The fourth-order valence-electron chi connectivity index (χ4n) is 3.29. The van der Waals surface area contributed by atoms with Gasteiger partial charge in [0.15, 0.2) is 11.0 Å². The fourth-order valence-corrected chi connectivity index (χ4v) is 4.05.